The molecule has 3 rings (SSSR count). The number of hydrogen-bond acceptors (Lipinski definition) is 5. The molecule has 0 bridgehead atoms. The van der Waals surface area contributed by atoms with E-state index in [2.05, 4.69) is 10.4 Å². The van der Waals surface area contributed by atoms with Gasteiger partial charge in [0.2, 0.25) is 5.91 Å². The number of amides is 2. The van der Waals surface area contributed by atoms with Crippen molar-refractivity contribution in [3.8, 4) is 5.75 Å². The summed E-state index contributed by atoms with van der Waals surface area (Å²) in [6, 6.07) is 9.97. The van der Waals surface area contributed by atoms with Crippen LogP contribution in [0, 0.1) is 0 Å². The van der Waals surface area contributed by atoms with E-state index in [0.29, 0.717) is 28.8 Å². The maximum absolute atomic E-state index is 12.5. The van der Waals surface area contributed by atoms with Gasteiger partial charge in [-0.15, -0.1) is 0 Å². The molecule has 0 spiro atoms. The Kier molecular flexibility index (Phi) is 6.00. The quantitative estimate of drug-likeness (QED) is 0.656. The summed E-state index contributed by atoms with van der Waals surface area (Å²) in [5.74, 6) is 0.423. The SMILES string of the molecule is COc1ccc(Cl)cc1NC(=O)CN(C)C(=O)c1ccc(Cn2cccn2)o1. The van der Waals surface area contributed by atoms with Gasteiger partial charge in [-0.1, -0.05) is 11.6 Å². The molecule has 2 aromatic heterocycles. The number of hydrogen-bond donors (Lipinski definition) is 1. The van der Waals surface area contributed by atoms with E-state index in [1.54, 1.807) is 53.5 Å². The number of likely N-dealkylation sites (N-methyl/N-ethyl adjacent to an activating group) is 1. The van der Waals surface area contributed by atoms with Crippen molar-refractivity contribution in [2.75, 3.05) is 26.0 Å². The average molecular weight is 403 g/mol. The zero-order valence-electron chi connectivity index (χ0n) is 15.4. The number of halogens is 1. The van der Waals surface area contributed by atoms with Crippen LogP contribution in [0.2, 0.25) is 5.02 Å². The van der Waals surface area contributed by atoms with Gasteiger partial charge in [0, 0.05) is 24.5 Å². The molecular weight excluding hydrogens is 384 g/mol. The van der Waals surface area contributed by atoms with Gasteiger partial charge < -0.3 is 19.4 Å². The third-order valence-electron chi connectivity index (χ3n) is 3.91. The number of carbonyl (C=O) groups excluding carboxylic acids is 2. The molecule has 0 aliphatic carbocycles. The van der Waals surface area contributed by atoms with Gasteiger partial charge in [0.05, 0.1) is 25.9 Å². The lowest BCUT2D eigenvalue weighted by molar-refractivity contribution is -0.116. The largest absolute Gasteiger partial charge is 0.495 e. The fraction of sp³-hybridized carbons (Fsp3) is 0.211. The lowest BCUT2D eigenvalue weighted by Crippen LogP contribution is -2.34. The Morgan fingerprint density at radius 2 is 2.14 bits per heavy atom. The lowest BCUT2D eigenvalue weighted by Gasteiger charge is -2.16. The van der Waals surface area contributed by atoms with Crippen LogP contribution in [0.25, 0.3) is 0 Å². The molecule has 8 nitrogen and oxygen atoms in total. The van der Waals surface area contributed by atoms with Crippen LogP contribution in [-0.4, -0.2) is 47.2 Å². The minimum Gasteiger partial charge on any atom is -0.495 e. The number of anilines is 1. The van der Waals surface area contributed by atoms with Crippen LogP contribution in [0.15, 0.2) is 53.2 Å². The van der Waals surface area contributed by atoms with E-state index in [1.165, 1.54) is 19.1 Å². The van der Waals surface area contributed by atoms with Crippen molar-refractivity contribution >= 4 is 29.1 Å². The molecule has 0 saturated heterocycles. The monoisotopic (exact) mass is 402 g/mol. The lowest BCUT2D eigenvalue weighted by atomic mass is 10.3. The smallest absolute Gasteiger partial charge is 0.289 e. The van der Waals surface area contributed by atoms with Crippen molar-refractivity contribution < 1.29 is 18.7 Å². The van der Waals surface area contributed by atoms with E-state index in [0.717, 1.165) is 0 Å². The first-order valence-corrected chi connectivity index (χ1v) is 8.79. The number of methoxy groups -OCH3 is 1. The van der Waals surface area contributed by atoms with Gasteiger partial charge in [0.15, 0.2) is 5.76 Å². The summed E-state index contributed by atoms with van der Waals surface area (Å²) in [6.07, 6.45) is 3.46. The Labute approximate surface area is 166 Å². The van der Waals surface area contributed by atoms with E-state index in [9.17, 15) is 9.59 Å². The predicted molar refractivity (Wildman–Crippen MR) is 104 cm³/mol. The topological polar surface area (TPSA) is 89.6 Å². The molecule has 0 radical (unpaired) electrons. The van der Waals surface area contributed by atoms with Crippen molar-refractivity contribution in [1.82, 2.24) is 14.7 Å². The van der Waals surface area contributed by atoms with Crippen LogP contribution in [0.5, 0.6) is 5.75 Å². The number of ether oxygens (including phenoxy) is 1. The second kappa shape index (κ2) is 8.62. The van der Waals surface area contributed by atoms with Crippen molar-refractivity contribution in [2.24, 2.45) is 0 Å². The number of nitrogens with one attached hydrogen (secondary N) is 1. The summed E-state index contributed by atoms with van der Waals surface area (Å²) in [7, 11) is 3.01. The fourth-order valence-corrected chi connectivity index (χ4v) is 2.75. The number of aromatic nitrogens is 2. The van der Waals surface area contributed by atoms with E-state index in [4.69, 9.17) is 20.8 Å². The summed E-state index contributed by atoms with van der Waals surface area (Å²) >= 11 is 5.96. The first kappa shape index (κ1) is 19.5. The molecule has 0 atom stereocenters. The number of benzene rings is 1. The second-order valence-corrected chi connectivity index (χ2v) is 6.46. The molecule has 1 aromatic carbocycles. The van der Waals surface area contributed by atoms with E-state index < -0.39 is 5.91 Å². The van der Waals surface area contributed by atoms with Crippen molar-refractivity contribution in [3.63, 3.8) is 0 Å². The van der Waals surface area contributed by atoms with Gasteiger partial charge in [-0.3, -0.25) is 14.3 Å². The Morgan fingerprint density at radius 1 is 1.32 bits per heavy atom. The van der Waals surface area contributed by atoms with Crippen molar-refractivity contribution in [1.29, 1.82) is 0 Å². The van der Waals surface area contributed by atoms with Gasteiger partial charge in [-0.2, -0.15) is 5.10 Å². The summed E-state index contributed by atoms with van der Waals surface area (Å²) in [6.45, 7) is 0.253. The summed E-state index contributed by atoms with van der Waals surface area (Å²) < 4.78 is 12.4. The molecule has 2 heterocycles. The van der Waals surface area contributed by atoms with E-state index in [1.807, 2.05) is 0 Å². The Morgan fingerprint density at radius 3 is 2.86 bits per heavy atom. The molecule has 2 amide bonds. The minimum atomic E-state index is -0.403. The number of carbonyl (C=O) groups is 2. The molecule has 1 N–H and O–H groups in total. The van der Waals surface area contributed by atoms with Gasteiger partial charge in [-0.05, 0) is 36.4 Å². The molecule has 0 fully saturated rings. The highest BCUT2D eigenvalue weighted by atomic mass is 35.5. The third-order valence-corrected chi connectivity index (χ3v) is 4.15. The first-order chi connectivity index (χ1) is 13.5. The minimum absolute atomic E-state index is 0.151. The van der Waals surface area contributed by atoms with Crippen molar-refractivity contribution in [3.05, 3.63) is 65.3 Å². The normalized spacial score (nSPS) is 10.5. The number of rotatable bonds is 7. The highest BCUT2D eigenvalue weighted by molar-refractivity contribution is 6.31. The Hall–Kier alpha value is -3.26. The molecule has 3 aromatic rings. The van der Waals surface area contributed by atoms with Crippen LogP contribution in [0.1, 0.15) is 16.3 Å². The highest BCUT2D eigenvalue weighted by Crippen LogP contribution is 2.27. The molecule has 9 heteroatoms. The zero-order valence-corrected chi connectivity index (χ0v) is 16.1. The van der Waals surface area contributed by atoms with Gasteiger partial charge in [0.25, 0.3) is 5.91 Å². The third kappa shape index (κ3) is 4.72. The van der Waals surface area contributed by atoms with Crippen LogP contribution >= 0.6 is 11.6 Å². The number of furan rings is 1. The Balaban J connectivity index is 1.60. The average Bonchev–Trinajstić information content (AvgIpc) is 3.33. The van der Waals surface area contributed by atoms with Crippen LogP contribution in [-0.2, 0) is 11.3 Å². The summed E-state index contributed by atoms with van der Waals surface area (Å²) in [5, 5.41) is 7.24. The van der Waals surface area contributed by atoms with Gasteiger partial charge in [0.1, 0.15) is 11.5 Å². The molecule has 0 aliphatic rings. The second-order valence-electron chi connectivity index (χ2n) is 6.02. The van der Waals surface area contributed by atoms with Crippen LogP contribution in [0.3, 0.4) is 0 Å². The fourth-order valence-electron chi connectivity index (χ4n) is 2.57. The van der Waals surface area contributed by atoms with Crippen molar-refractivity contribution in [2.45, 2.75) is 6.54 Å². The zero-order chi connectivity index (χ0) is 20.1. The number of nitrogens with zero attached hydrogens (tertiary/aromatic N) is 3. The predicted octanol–water partition coefficient (Wildman–Crippen LogP) is 2.90. The van der Waals surface area contributed by atoms with Gasteiger partial charge >= 0.3 is 0 Å². The molecule has 0 saturated carbocycles. The maximum Gasteiger partial charge on any atom is 0.289 e. The van der Waals surface area contributed by atoms with Crippen LogP contribution < -0.4 is 10.1 Å². The molecular formula is C19H19ClN4O4. The summed E-state index contributed by atoms with van der Waals surface area (Å²) in [4.78, 5) is 26.1. The Bertz CT molecular complexity index is 968. The molecule has 28 heavy (non-hydrogen) atoms. The summed E-state index contributed by atoms with van der Waals surface area (Å²) in [5.41, 5.74) is 0.431. The van der Waals surface area contributed by atoms with E-state index >= 15 is 0 Å². The molecule has 146 valence electrons. The molecule has 0 aliphatic heterocycles. The van der Waals surface area contributed by atoms with Crippen LogP contribution in [0.4, 0.5) is 5.69 Å². The highest BCUT2D eigenvalue weighted by Gasteiger charge is 2.19. The standard InChI is InChI=1S/C19H19ClN4O4/c1-23(12-18(25)22-15-10-13(20)4-6-16(15)27-2)19(26)17-7-5-14(28-17)11-24-9-3-8-21-24/h3-10H,11-12H2,1-2H3,(H,22,25). The van der Waals surface area contributed by atoms with E-state index in [-0.39, 0.29) is 18.2 Å². The van der Waals surface area contributed by atoms with Gasteiger partial charge in [-0.25, -0.2) is 0 Å². The molecule has 0 unspecified atom stereocenters. The maximum atomic E-state index is 12.5. The first-order valence-electron chi connectivity index (χ1n) is 8.41.